The Bertz CT molecular complexity index is 415. The van der Waals surface area contributed by atoms with Gasteiger partial charge in [-0.3, -0.25) is 8.94 Å². The molecule has 0 aliphatic carbocycles. The Hall–Kier alpha value is -0.620. The van der Waals surface area contributed by atoms with E-state index in [4.69, 9.17) is 4.55 Å². The molecule has 0 bridgehead atoms. The lowest BCUT2D eigenvalue weighted by Crippen LogP contribution is -2.44. The number of rotatable bonds is 10. The van der Waals surface area contributed by atoms with Crippen LogP contribution in [0.15, 0.2) is 0 Å². The summed E-state index contributed by atoms with van der Waals surface area (Å²) in [6.07, 6.45) is -20.4. The Kier molecular flexibility index (Phi) is 13.6. The zero-order valence-corrected chi connectivity index (χ0v) is 13.9. The molecule has 0 aliphatic heterocycles. The Morgan fingerprint density at radius 2 is 1.25 bits per heavy atom. The van der Waals surface area contributed by atoms with Gasteiger partial charge >= 0.3 is 0 Å². The predicted octanol–water partition coefficient (Wildman–Crippen LogP) is 2.49. The summed E-state index contributed by atoms with van der Waals surface area (Å²) in [7, 11) is -1.24. The lowest BCUT2D eigenvalue weighted by molar-refractivity contribution is -0.0184. The van der Waals surface area contributed by atoms with E-state index >= 15 is 0 Å². The molecule has 4 nitrogen and oxygen atoms in total. The molecule has 12 heteroatoms. The van der Waals surface area contributed by atoms with Crippen LogP contribution in [0.2, 0.25) is 0 Å². The fourth-order valence-corrected chi connectivity index (χ4v) is 2.06. The van der Waals surface area contributed by atoms with E-state index in [9.17, 15) is 39.2 Å². The topological polar surface area (TPSA) is 66.4 Å². The second-order valence-electron chi connectivity index (χ2n) is 4.89. The van der Waals surface area contributed by atoms with E-state index in [2.05, 4.69) is 5.32 Å². The average molecular weight is 393 g/mol. The van der Waals surface area contributed by atoms with Crippen molar-refractivity contribution in [2.45, 2.75) is 49.9 Å². The van der Waals surface area contributed by atoms with Crippen molar-refractivity contribution in [1.29, 1.82) is 0 Å². The van der Waals surface area contributed by atoms with Crippen LogP contribution in [-0.2, 0) is 10.1 Å². The van der Waals surface area contributed by atoms with Crippen LogP contribution in [0.4, 0.5) is 30.7 Å². The summed E-state index contributed by atoms with van der Waals surface area (Å²) in [5.41, 5.74) is 0. The van der Waals surface area contributed by atoms with Gasteiger partial charge in [-0.2, -0.15) is 8.42 Å². The van der Waals surface area contributed by atoms with E-state index in [-0.39, 0.29) is 0 Å². The molecule has 0 saturated carbocycles. The van der Waals surface area contributed by atoms with Crippen molar-refractivity contribution in [3.05, 3.63) is 0 Å². The average Bonchev–Trinajstić information content (AvgIpc) is 2.48. The van der Waals surface area contributed by atoms with Crippen LogP contribution in [0.1, 0.15) is 12.8 Å². The van der Waals surface area contributed by atoms with Crippen LogP contribution >= 0.6 is 0 Å². The fourth-order valence-electron chi connectivity index (χ4n) is 1.47. The highest BCUT2D eigenvalue weighted by Gasteiger charge is 2.44. The Labute approximate surface area is 136 Å². The first kappa shape index (κ1) is 25.6. The summed E-state index contributed by atoms with van der Waals surface area (Å²) >= 11 is 0. The third-order valence-corrected chi connectivity index (χ3v) is 3.33. The van der Waals surface area contributed by atoms with Crippen LogP contribution in [0.3, 0.4) is 0 Å². The molecule has 2 N–H and O–H groups in total. The molecule has 24 heavy (non-hydrogen) atoms. The van der Waals surface area contributed by atoms with E-state index < -0.39 is 72.4 Å². The summed E-state index contributed by atoms with van der Waals surface area (Å²) in [5, 5.41) is 2.75. The molecule has 0 rings (SSSR count). The zero-order chi connectivity index (χ0) is 19.5. The molecule has 0 saturated heterocycles. The Balaban J connectivity index is 0. The van der Waals surface area contributed by atoms with E-state index in [1.54, 1.807) is 0 Å². The molecule has 0 aromatic rings. The molecule has 0 aromatic carbocycles. The lowest BCUT2D eigenvalue weighted by atomic mass is 10.00. The van der Waals surface area contributed by atoms with E-state index in [0.717, 1.165) is 0 Å². The molecular weight excluding hydrogens is 371 g/mol. The second kappa shape index (κ2) is 12.7. The van der Waals surface area contributed by atoms with Gasteiger partial charge in [0.15, 0.2) is 30.9 Å². The monoisotopic (exact) mass is 393 g/mol. The van der Waals surface area contributed by atoms with Crippen LogP contribution in [0, 0.1) is 0 Å². The smallest absolute Gasteiger partial charge is 0.267 e. The van der Waals surface area contributed by atoms with Crippen molar-refractivity contribution < 1.29 is 43.7 Å². The van der Waals surface area contributed by atoms with Gasteiger partial charge in [0.2, 0.25) is 0 Å². The van der Waals surface area contributed by atoms with Gasteiger partial charge in [0.25, 0.3) is 10.1 Å². The maximum Gasteiger partial charge on any atom is 0.267 e. The molecule has 6 atom stereocenters. The van der Waals surface area contributed by atoms with Crippen molar-refractivity contribution in [2.75, 3.05) is 26.5 Å². The lowest BCUT2D eigenvalue weighted by Gasteiger charge is -2.23. The highest BCUT2D eigenvalue weighted by atomic mass is 32.2. The summed E-state index contributed by atoms with van der Waals surface area (Å²) in [4.78, 5) is 0. The van der Waals surface area contributed by atoms with E-state index in [1.807, 2.05) is 14.1 Å². The minimum absolute atomic E-state index is 0.460. The number of halogens is 7. The second-order valence-corrected chi connectivity index (χ2v) is 6.39. The summed E-state index contributed by atoms with van der Waals surface area (Å²) in [6.45, 7) is -1.02. The van der Waals surface area contributed by atoms with Gasteiger partial charge in [-0.25, -0.2) is 26.3 Å². The van der Waals surface area contributed by atoms with Crippen LogP contribution in [-0.4, -0.2) is 76.5 Å². The fraction of sp³-hybridized carbons (Fsp3) is 1.00. The maximum absolute atomic E-state index is 13.2. The van der Waals surface area contributed by atoms with Crippen molar-refractivity contribution in [1.82, 2.24) is 5.32 Å². The van der Waals surface area contributed by atoms with Gasteiger partial charge in [0, 0.05) is 0 Å². The molecule has 0 fully saturated rings. The molecule has 6 unspecified atom stereocenters. The minimum atomic E-state index is -4.99. The van der Waals surface area contributed by atoms with Crippen molar-refractivity contribution in [2.24, 2.45) is 0 Å². The molecule has 148 valence electrons. The van der Waals surface area contributed by atoms with E-state index in [0.29, 0.717) is 0 Å². The Morgan fingerprint density at radius 3 is 1.58 bits per heavy atom. The first-order valence-electron chi connectivity index (χ1n) is 6.86. The maximum atomic E-state index is 13.2. The van der Waals surface area contributed by atoms with Gasteiger partial charge in [0.1, 0.15) is 11.9 Å². The number of hydrogen-bond acceptors (Lipinski definition) is 3. The third-order valence-electron chi connectivity index (χ3n) is 2.59. The molecule has 0 heterocycles. The zero-order valence-electron chi connectivity index (χ0n) is 13.1. The van der Waals surface area contributed by atoms with Gasteiger partial charge < -0.3 is 5.32 Å². The number of nitrogens with one attached hydrogen (secondary N) is 1. The quantitative estimate of drug-likeness (QED) is 0.442. The van der Waals surface area contributed by atoms with Gasteiger partial charge in [-0.1, -0.05) is 0 Å². The minimum Gasteiger partial charge on any atom is -0.323 e. The van der Waals surface area contributed by atoms with Gasteiger partial charge in [0.05, 0.1) is 6.67 Å². The molecule has 0 aliphatic rings. The molecular formula is C12H22F7NO3S. The van der Waals surface area contributed by atoms with Gasteiger partial charge in [-0.15, -0.1) is 0 Å². The van der Waals surface area contributed by atoms with Gasteiger partial charge in [-0.05, 0) is 26.9 Å². The van der Waals surface area contributed by atoms with Crippen molar-refractivity contribution in [3.8, 4) is 0 Å². The normalized spacial score (nSPS) is 19.4. The first-order chi connectivity index (χ1) is 10.9. The van der Waals surface area contributed by atoms with Crippen LogP contribution in [0.25, 0.3) is 0 Å². The summed E-state index contributed by atoms with van der Waals surface area (Å²) < 4.78 is 119. The standard InChI is InChI=1S/C10H15F7O3S.C2H7N/c11-3-1-2-5(12)7(14)9(16)10(17)8(15)6(13)4-21(18,19)20;1-3-2/h5-10H,1-4H2,(H,18,19,20);3H,1-2H3. The van der Waals surface area contributed by atoms with Crippen LogP contribution < -0.4 is 5.32 Å². The van der Waals surface area contributed by atoms with Crippen LogP contribution in [0.5, 0.6) is 0 Å². The molecule has 0 radical (unpaired) electrons. The van der Waals surface area contributed by atoms with Crippen molar-refractivity contribution >= 4 is 10.1 Å². The van der Waals surface area contributed by atoms with E-state index in [1.165, 1.54) is 0 Å². The number of alkyl halides is 7. The molecule has 0 spiro atoms. The highest BCUT2D eigenvalue weighted by molar-refractivity contribution is 7.85. The number of hydrogen-bond donors (Lipinski definition) is 2. The largest absolute Gasteiger partial charge is 0.323 e. The summed E-state index contributed by atoms with van der Waals surface area (Å²) in [6, 6.07) is 0. The molecule has 0 aromatic heterocycles. The SMILES string of the molecule is CNC.O=S(=O)(O)CC(F)C(F)C(F)C(F)C(F)C(F)CCCF. The Morgan fingerprint density at radius 1 is 0.875 bits per heavy atom. The summed E-state index contributed by atoms with van der Waals surface area (Å²) in [5.74, 6) is -1.85. The highest BCUT2D eigenvalue weighted by Crippen LogP contribution is 2.26. The third kappa shape index (κ3) is 11.0. The predicted molar refractivity (Wildman–Crippen MR) is 76.0 cm³/mol. The molecule has 0 amide bonds. The van der Waals surface area contributed by atoms with Crippen molar-refractivity contribution in [3.63, 3.8) is 0 Å². The first-order valence-corrected chi connectivity index (χ1v) is 8.47.